The topological polar surface area (TPSA) is 76.5 Å². The fraction of sp³-hybridized carbons (Fsp3) is 0.412. The predicted octanol–water partition coefficient (Wildman–Crippen LogP) is 7.66. The van der Waals surface area contributed by atoms with Gasteiger partial charge in [-0.2, -0.15) is 4.31 Å². The number of hydrogen-bond donors (Lipinski definition) is 0. The van der Waals surface area contributed by atoms with Crippen LogP contribution in [0.5, 0.6) is 0 Å². The SMILES string of the molecule is CCCCc1c2c(cc3c1ccn3S(=O)(=O)c1ccc(C)cc1)CN(S(=O)(=O)c1ccc(C)cc1)[C@@H]2C1CCCCC1. The quantitative estimate of drug-likeness (QED) is 0.207. The molecule has 6 nitrogen and oxygen atoms in total. The molecule has 4 aromatic rings. The van der Waals surface area contributed by atoms with E-state index in [2.05, 4.69) is 6.92 Å². The lowest BCUT2D eigenvalue weighted by atomic mass is 9.79. The molecular weight excluding hydrogens is 565 g/mol. The van der Waals surface area contributed by atoms with Crippen molar-refractivity contribution in [2.45, 2.75) is 94.5 Å². The maximum atomic E-state index is 14.3. The van der Waals surface area contributed by atoms with Crippen molar-refractivity contribution in [2.75, 3.05) is 0 Å². The maximum Gasteiger partial charge on any atom is 0.268 e. The number of aryl methyl sites for hydroxylation is 3. The molecule has 0 amide bonds. The molecule has 0 unspecified atom stereocenters. The van der Waals surface area contributed by atoms with Crippen molar-refractivity contribution in [3.63, 3.8) is 0 Å². The lowest BCUT2D eigenvalue weighted by molar-refractivity contribution is 0.207. The van der Waals surface area contributed by atoms with Gasteiger partial charge < -0.3 is 0 Å². The van der Waals surface area contributed by atoms with E-state index in [1.54, 1.807) is 34.8 Å². The van der Waals surface area contributed by atoms with E-state index >= 15 is 0 Å². The highest BCUT2D eigenvalue weighted by atomic mass is 32.2. The van der Waals surface area contributed by atoms with Crippen molar-refractivity contribution in [2.24, 2.45) is 5.92 Å². The molecule has 1 saturated carbocycles. The molecule has 8 heteroatoms. The molecule has 0 saturated heterocycles. The molecule has 1 fully saturated rings. The summed E-state index contributed by atoms with van der Waals surface area (Å²) in [5, 5.41) is 0.910. The summed E-state index contributed by atoms with van der Waals surface area (Å²) in [6.45, 7) is 6.29. The van der Waals surface area contributed by atoms with Crippen LogP contribution in [0.3, 0.4) is 0 Å². The van der Waals surface area contributed by atoms with E-state index < -0.39 is 20.0 Å². The van der Waals surface area contributed by atoms with Gasteiger partial charge in [-0.05, 0) is 98.5 Å². The van der Waals surface area contributed by atoms with Gasteiger partial charge in [-0.25, -0.2) is 20.8 Å². The van der Waals surface area contributed by atoms with Gasteiger partial charge in [0.25, 0.3) is 10.0 Å². The van der Waals surface area contributed by atoms with Gasteiger partial charge in [-0.3, -0.25) is 0 Å². The molecule has 222 valence electrons. The second-order valence-electron chi connectivity index (χ2n) is 12.1. The first-order valence-corrected chi connectivity index (χ1v) is 18.1. The van der Waals surface area contributed by atoms with Crippen LogP contribution in [-0.4, -0.2) is 25.1 Å². The Labute approximate surface area is 250 Å². The standard InChI is InChI=1S/C34H40N2O4S2/c1-4-5-11-31-30-20-21-35(41(37,38)28-16-12-24(2)13-17-28)32(30)22-27-23-36(34(33(27)31)26-9-7-6-8-10-26)42(39,40)29-18-14-25(3)15-19-29/h12-22,26,34H,4-11,23H2,1-3H3/t34-/m1/s1. The molecule has 0 spiro atoms. The zero-order valence-corrected chi connectivity index (χ0v) is 26.3. The first-order chi connectivity index (χ1) is 20.1. The zero-order valence-electron chi connectivity index (χ0n) is 24.7. The Balaban J connectivity index is 1.55. The summed E-state index contributed by atoms with van der Waals surface area (Å²) in [5.41, 5.74) is 5.79. The van der Waals surface area contributed by atoms with Crippen molar-refractivity contribution in [3.8, 4) is 0 Å². The minimum absolute atomic E-state index is 0.233. The van der Waals surface area contributed by atoms with E-state index in [9.17, 15) is 16.8 Å². The summed E-state index contributed by atoms with van der Waals surface area (Å²) >= 11 is 0. The minimum atomic E-state index is -3.83. The molecule has 1 atom stereocenters. The summed E-state index contributed by atoms with van der Waals surface area (Å²) in [6.07, 6.45) is 9.78. The van der Waals surface area contributed by atoms with Gasteiger partial charge in [0.1, 0.15) is 0 Å². The number of sulfonamides is 1. The van der Waals surface area contributed by atoms with Gasteiger partial charge in [-0.15, -0.1) is 0 Å². The Morgan fingerprint density at radius 1 is 0.786 bits per heavy atom. The maximum absolute atomic E-state index is 14.3. The highest BCUT2D eigenvalue weighted by Crippen LogP contribution is 2.50. The molecule has 1 aliphatic carbocycles. The van der Waals surface area contributed by atoms with Gasteiger partial charge in [-0.1, -0.05) is 68.0 Å². The van der Waals surface area contributed by atoms with Gasteiger partial charge in [0, 0.05) is 18.1 Å². The van der Waals surface area contributed by atoms with Crippen molar-refractivity contribution in [3.05, 3.63) is 94.7 Å². The highest BCUT2D eigenvalue weighted by Gasteiger charge is 2.45. The Morgan fingerprint density at radius 3 is 1.98 bits per heavy atom. The summed E-state index contributed by atoms with van der Waals surface area (Å²) in [5.74, 6) is 0.233. The average molecular weight is 605 g/mol. The van der Waals surface area contributed by atoms with E-state index in [0.29, 0.717) is 10.4 Å². The fourth-order valence-corrected chi connectivity index (χ4v) is 9.95. The van der Waals surface area contributed by atoms with Crippen molar-refractivity contribution < 1.29 is 16.8 Å². The molecule has 3 aromatic carbocycles. The third-order valence-electron chi connectivity index (χ3n) is 9.21. The summed E-state index contributed by atoms with van der Waals surface area (Å²) in [6, 6.07) is 17.7. The second kappa shape index (κ2) is 11.3. The van der Waals surface area contributed by atoms with E-state index in [1.807, 2.05) is 50.2 Å². The van der Waals surface area contributed by atoms with Gasteiger partial charge in [0.2, 0.25) is 10.0 Å². The first kappa shape index (κ1) is 29.1. The van der Waals surface area contributed by atoms with Gasteiger partial charge >= 0.3 is 0 Å². The van der Waals surface area contributed by atoms with Crippen LogP contribution < -0.4 is 0 Å². The Bertz CT molecular complexity index is 1820. The van der Waals surface area contributed by atoms with Crippen LogP contribution >= 0.6 is 0 Å². The molecule has 0 N–H and O–H groups in total. The van der Waals surface area contributed by atoms with Crippen molar-refractivity contribution in [1.29, 1.82) is 0 Å². The van der Waals surface area contributed by atoms with Crippen LogP contribution in [0.2, 0.25) is 0 Å². The second-order valence-corrected chi connectivity index (χ2v) is 15.8. The fourth-order valence-electron chi connectivity index (χ4n) is 6.97. The summed E-state index contributed by atoms with van der Waals surface area (Å²) < 4.78 is 59.4. The molecular formula is C34H40N2O4S2. The van der Waals surface area contributed by atoms with E-state index in [-0.39, 0.29) is 23.4 Å². The number of fused-ring (bicyclic) bond motifs is 2. The lowest BCUT2D eigenvalue weighted by Crippen LogP contribution is -2.34. The zero-order chi connectivity index (χ0) is 29.6. The van der Waals surface area contributed by atoms with Crippen LogP contribution in [-0.2, 0) is 33.0 Å². The molecule has 0 bridgehead atoms. The minimum Gasteiger partial charge on any atom is -0.241 e. The number of hydrogen-bond acceptors (Lipinski definition) is 4. The molecule has 0 radical (unpaired) electrons. The van der Waals surface area contributed by atoms with Crippen molar-refractivity contribution >= 4 is 30.9 Å². The van der Waals surface area contributed by atoms with Crippen LogP contribution in [0.25, 0.3) is 10.9 Å². The third kappa shape index (κ3) is 5.01. The first-order valence-electron chi connectivity index (χ1n) is 15.2. The number of rotatable bonds is 8. The normalized spacial score (nSPS) is 18.5. The van der Waals surface area contributed by atoms with Crippen LogP contribution in [0.4, 0.5) is 0 Å². The average Bonchev–Trinajstić information content (AvgIpc) is 3.59. The van der Waals surface area contributed by atoms with E-state index in [1.165, 1.54) is 10.4 Å². The monoisotopic (exact) mass is 604 g/mol. The summed E-state index contributed by atoms with van der Waals surface area (Å²) in [7, 11) is -7.61. The highest BCUT2D eigenvalue weighted by molar-refractivity contribution is 7.90. The molecule has 1 aliphatic heterocycles. The van der Waals surface area contributed by atoms with E-state index in [4.69, 9.17) is 0 Å². The van der Waals surface area contributed by atoms with Crippen molar-refractivity contribution in [1.82, 2.24) is 8.28 Å². The number of benzene rings is 3. The lowest BCUT2D eigenvalue weighted by Gasteiger charge is -2.35. The smallest absolute Gasteiger partial charge is 0.241 e. The van der Waals surface area contributed by atoms with Gasteiger partial charge in [0.05, 0.1) is 21.3 Å². The van der Waals surface area contributed by atoms with Crippen LogP contribution in [0.1, 0.15) is 85.7 Å². The predicted molar refractivity (Wildman–Crippen MR) is 168 cm³/mol. The molecule has 6 rings (SSSR count). The van der Waals surface area contributed by atoms with Gasteiger partial charge in [0.15, 0.2) is 0 Å². The largest absolute Gasteiger partial charge is 0.268 e. The van der Waals surface area contributed by atoms with Crippen LogP contribution in [0, 0.1) is 19.8 Å². The number of nitrogens with zero attached hydrogens (tertiary/aromatic N) is 2. The van der Waals surface area contributed by atoms with Crippen LogP contribution in [0.15, 0.2) is 76.7 Å². The number of unbranched alkanes of at least 4 members (excludes halogenated alkanes) is 1. The molecule has 42 heavy (non-hydrogen) atoms. The Hall–Kier alpha value is -2.94. The Kier molecular flexibility index (Phi) is 7.83. The molecule has 1 aromatic heterocycles. The summed E-state index contributed by atoms with van der Waals surface area (Å²) in [4.78, 5) is 0.553. The molecule has 2 heterocycles. The number of aromatic nitrogens is 1. The Morgan fingerprint density at radius 2 is 1.38 bits per heavy atom. The van der Waals surface area contributed by atoms with E-state index in [0.717, 1.165) is 78.1 Å². The molecule has 2 aliphatic rings. The third-order valence-corrected chi connectivity index (χ3v) is 12.8.